The van der Waals surface area contributed by atoms with Gasteiger partial charge in [0.05, 0.1) is 17.8 Å². The van der Waals surface area contributed by atoms with Crippen LogP contribution in [0.5, 0.6) is 0 Å². The highest BCUT2D eigenvalue weighted by atomic mass is 35.5. The lowest BCUT2D eigenvalue weighted by molar-refractivity contribution is 0.390. The Balaban J connectivity index is 1.71. The number of aryl methyl sites for hydroxylation is 1. The van der Waals surface area contributed by atoms with E-state index in [1.807, 2.05) is 36.8 Å². The molecular formula is C26H28ClN5. The van der Waals surface area contributed by atoms with E-state index in [0.29, 0.717) is 11.6 Å². The zero-order chi connectivity index (χ0) is 21.9. The minimum atomic E-state index is 0.00984. The molecule has 32 heavy (non-hydrogen) atoms. The summed E-state index contributed by atoms with van der Waals surface area (Å²) in [6.07, 6.45) is 18.6. The minimum Gasteiger partial charge on any atom is -0.352 e. The maximum absolute atomic E-state index is 6.37. The highest BCUT2D eigenvalue weighted by molar-refractivity contribution is 6.30. The molecule has 2 aromatic heterocycles. The number of hydrogen-bond donors (Lipinski definition) is 2. The number of rotatable bonds is 6. The van der Waals surface area contributed by atoms with Gasteiger partial charge >= 0.3 is 0 Å². The first-order chi connectivity index (χ1) is 15.8. The third-order valence-electron chi connectivity index (χ3n) is 6.56. The topological polar surface area (TPSA) is 70.8 Å². The van der Waals surface area contributed by atoms with Crippen LogP contribution in [0.4, 0.5) is 5.69 Å². The average molecular weight is 446 g/mol. The summed E-state index contributed by atoms with van der Waals surface area (Å²) in [6, 6.07) is 10.4. The van der Waals surface area contributed by atoms with Crippen molar-refractivity contribution in [3.05, 3.63) is 101 Å². The van der Waals surface area contributed by atoms with Crippen molar-refractivity contribution in [2.45, 2.75) is 44.3 Å². The minimum absolute atomic E-state index is 0.00984. The number of nitrogens with one attached hydrogen (secondary N) is 1. The number of benzene rings is 1. The van der Waals surface area contributed by atoms with E-state index < -0.39 is 0 Å². The number of hydrogen-bond acceptors (Lipinski definition) is 4. The summed E-state index contributed by atoms with van der Waals surface area (Å²) in [5, 5.41) is 0.700. The van der Waals surface area contributed by atoms with Gasteiger partial charge in [0.25, 0.3) is 0 Å². The number of aromatic amines is 1. The number of pyridine rings is 1. The zero-order valence-electron chi connectivity index (χ0n) is 18.0. The van der Waals surface area contributed by atoms with Crippen molar-refractivity contribution in [2.24, 2.45) is 11.7 Å². The third-order valence-corrected chi connectivity index (χ3v) is 6.79. The van der Waals surface area contributed by atoms with Crippen molar-refractivity contribution >= 4 is 17.3 Å². The monoisotopic (exact) mass is 445 g/mol. The van der Waals surface area contributed by atoms with E-state index in [1.54, 1.807) is 0 Å². The van der Waals surface area contributed by atoms with Gasteiger partial charge in [0, 0.05) is 41.8 Å². The fourth-order valence-electron chi connectivity index (χ4n) is 5.15. The number of anilines is 1. The molecule has 2 aliphatic rings. The van der Waals surface area contributed by atoms with Crippen LogP contribution in [0, 0.1) is 5.92 Å². The summed E-state index contributed by atoms with van der Waals surface area (Å²) < 4.78 is 0. The Kier molecular flexibility index (Phi) is 6.10. The molecule has 2 heterocycles. The summed E-state index contributed by atoms with van der Waals surface area (Å²) in [6.45, 7) is 0.416. The van der Waals surface area contributed by atoms with Crippen LogP contribution < -0.4 is 10.6 Å². The number of imidazole rings is 1. The first kappa shape index (κ1) is 21.0. The van der Waals surface area contributed by atoms with E-state index in [9.17, 15) is 0 Å². The molecule has 2 aliphatic carbocycles. The number of allylic oxidation sites excluding steroid dienone is 3. The Morgan fingerprint density at radius 3 is 2.91 bits per heavy atom. The lowest BCUT2D eigenvalue weighted by Crippen LogP contribution is -2.40. The number of halogens is 1. The average Bonchev–Trinajstić information content (AvgIpc) is 3.37. The van der Waals surface area contributed by atoms with E-state index in [4.69, 9.17) is 27.3 Å². The van der Waals surface area contributed by atoms with Gasteiger partial charge < -0.3 is 15.6 Å². The molecule has 0 aliphatic heterocycles. The molecule has 3 N–H and O–H groups in total. The predicted molar refractivity (Wildman–Crippen MR) is 129 cm³/mol. The van der Waals surface area contributed by atoms with Crippen LogP contribution in [0.25, 0.3) is 0 Å². The molecule has 164 valence electrons. The molecule has 5 rings (SSSR count). The van der Waals surface area contributed by atoms with Crippen molar-refractivity contribution < 1.29 is 0 Å². The summed E-state index contributed by atoms with van der Waals surface area (Å²) in [5.41, 5.74) is 10.8. The van der Waals surface area contributed by atoms with E-state index in [-0.39, 0.29) is 18.0 Å². The summed E-state index contributed by atoms with van der Waals surface area (Å²) >= 11 is 6.37. The SMILES string of the molecule is NCc1cc(Cl)ccc1N(C1CCCc2cccnc21)C(c1ncc[nH]1)C1C=CC=CC1. The van der Waals surface area contributed by atoms with Crippen molar-refractivity contribution in [3.8, 4) is 0 Å². The molecule has 0 saturated carbocycles. The molecule has 0 fully saturated rings. The molecule has 5 nitrogen and oxygen atoms in total. The van der Waals surface area contributed by atoms with Crippen LogP contribution in [0.1, 0.15) is 54.0 Å². The largest absolute Gasteiger partial charge is 0.352 e. The fraction of sp³-hybridized carbons (Fsp3) is 0.308. The summed E-state index contributed by atoms with van der Waals surface area (Å²) in [4.78, 5) is 15.5. The van der Waals surface area contributed by atoms with Crippen molar-refractivity contribution in [1.82, 2.24) is 15.0 Å². The number of aromatic nitrogens is 3. The zero-order valence-corrected chi connectivity index (χ0v) is 18.7. The summed E-state index contributed by atoms with van der Waals surface area (Å²) in [5.74, 6) is 1.22. The highest BCUT2D eigenvalue weighted by Crippen LogP contribution is 2.46. The van der Waals surface area contributed by atoms with E-state index in [0.717, 1.165) is 48.5 Å². The number of nitrogens with two attached hydrogens (primary N) is 1. The van der Waals surface area contributed by atoms with Gasteiger partial charge in [-0.05, 0) is 61.1 Å². The lowest BCUT2D eigenvalue weighted by atomic mass is 9.85. The van der Waals surface area contributed by atoms with Gasteiger partial charge in [0.15, 0.2) is 0 Å². The molecule has 0 spiro atoms. The second-order valence-electron chi connectivity index (χ2n) is 8.47. The molecule has 3 aromatic rings. The molecular weight excluding hydrogens is 418 g/mol. The Labute approximate surface area is 194 Å². The van der Waals surface area contributed by atoms with Crippen molar-refractivity contribution in [2.75, 3.05) is 4.90 Å². The van der Waals surface area contributed by atoms with Crippen LogP contribution in [-0.4, -0.2) is 15.0 Å². The van der Waals surface area contributed by atoms with E-state index in [1.165, 1.54) is 5.56 Å². The maximum atomic E-state index is 6.37. The van der Waals surface area contributed by atoms with Gasteiger partial charge in [-0.15, -0.1) is 0 Å². The lowest BCUT2D eigenvalue weighted by Gasteiger charge is -2.44. The maximum Gasteiger partial charge on any atom is 0.129 e. The molecule has 0 radical (unpaired) electrons. The van der Waals surface area contributed by atoms with Crippen LogP contribution in [0.15, 0.2) is 73.2 Å². The number of H-pyrrole nitrogens is 1. The van der Waals surface area contributed by atoms with Gasteiger partial charge in [0.1, 0.15) is 5.82 Å². The first-order valence-corrected chi connectivity index (χ1v) is 11.7. The second kappa shape index (κ2) is 9.31. The van der Waals surface area contributed by atoms with Crippen LogP contribution >= 0.6 is 11.6 Å². The molecule has 3 atom stereocenters. The van der Waals surface area contributed by atoms with Gasteiger partial charge in [0.2, 0.25) is 0 Å². The molecule has 0 saturated heterocycles. The van der Waals surface area contributed by atoms with Crippen LogP contribution in [0.2, 0.25) is 5.02 Å². The normalized spacial score (nSPS) is 20.7. The number of fused-ring (bicyclic) bond motifs is 1. The fourth-order valence-corrected chi connectivity index (χ4v) is 5.35. The number of nitrogens with zero attached hydrogens (tertiary/aromatic N) is 3. The Hall–Kier alpha value is -2.89. The quantitative estimate of drug-likeness (QED) is 0.512. The van der Waals surface area contributed by atoms with E-state index in [2.05, 4.69) is 46.3 Å². The van der Waals surface area contributed by atoms with Crippen molar-refractivity contribution in [1.29, 1.82) is 0 Å². The van der Waals surface area contributed by atoms with Gasteiger partial charge in [-0.3, -0.25) is 4.98 Å². The molecule has 3 unspecified atom stereocenters. The highest BCUT2D eigenvalue weighted by Gasteiger charge is 2.38. The van der Waals surface area contributed by atoms with Gasteiger partial charge in [-0.25, -0.2) is 4.98 Å². The third kappa shape index (κ3) is 3.98. The summed E-state index contributed by atoms with van der Waals surface area (Å²) in [7, 11) is 0. The predicted octanol–water partition coefficient (Wildman–Crippen LogP) is 5.67. The standard InChI is InChI=1S/C26H28ClN5/c27-21-11-12-22(20(16-21)17-28)32(23-10-4-8-18-9-5-13-29-24(18)23)25(26-30-14-15-31-26)19-6-2-1-3-7-19/h1-3,5-6,9,11-16,19,23,25H,4,7-8,10,17,28H2,(H,30,31). The Morgan fingerprint density at radius 2 is 2.12 bits per heavy atom. The van der Waals surface area contributed by atoms with Crippen molar-refractivity contribution in [3.63, 3.8) is 0 Å². The van der Waals surface area contributed by atoms with Crippen LogP contribution in [0.3, 0.4) is 0 Å². The van der Waals surface area contributed by atoms with E-state index >= 15 is 0 Å². The first-order valence-electron chi connectivity index (χ1n) is 11.3. The Bertz CT molecular complexity index is 1120. The molecule has 1 aromatic carbocycles. The Morgan fingerprint density at radius 1 is 1.19 bits per heavy atom. The van der Waals surface area contributed by atoms with Gasteiger partial charge in [-0.2, -0.15) is 0 Å². The molecule has 0 bridgehead atoms. The molecule has 6 heteroatoms. The molecule has 0 amide bonds. The van der Waals surface area contributed by atoms with Crippen LogP contribution in [-0.2, 0) is 13.0 Å². The van der Waals surface area contributed by atoms with Gasteiger partial charge in [-0.1, -0.05) is 42.0 Å². The second-order valence-corrected chi connectivity index (χ2v) is 8.91. The smallest absolute Gasteiger partial charge is 0.129 e.